The number of nitrogens with two attached hydrogens (primary N) is 1. The van der Waals surface area contributed by atoms with Crippen LogP contribution in [-0.2, 0) is 9.59 Å². The van der Waals surface area contributed by atoms with Crippen LogP contribution < -0.4 is 11.1 Å². The molecule has 0 bridgehead atoms. The first kappa shape index (κ1) is 23.2. The van der Waals surface area contributed by atoms with Crippen molar-refractivity contribution in [3.63, 3.8) is 0 Å². The first-order valence-corrected chi connectivity index (χ1v) is 10.1. The summed E-state index contributed by atoms with van der Waals surface area (Å²) in [4.78, 5) is 21.8. The minimum absolute atomic E-state index is 0.104. The molecule has 4 N–H and O–H groups in total. The van der Waals surface area contributed by atoms with Crippen molar-refractivity contribution in [1.29, 1.82) is 0 Å². The van der Waals surface area contributed by atoms with Gasteiger partial charge in [-0.25, -0.2) is 0 Å². The number of thiol groups is 1. The standard InChI is InChI=1S/C18H36N2O3S/c19-16(15-24)18(23)20-14-12-10-8-6-4-2-1-3-5-7-9-11-13-17(21)22/h16,24H,1-15,19H2,(H,20,23)(H,21,22). The van der Waals surface area contributed by atoms with Gasteiger partial charge in [-0.05, 0) is 12.8 Å². The predicted octanol–water partition coefficient (Wildman–Crippen LogP) is 3.52. The van der Waals surface area contributed by atoms with Crippen molar-refractivity contribution in [2.24, 2.45) is 5.73 Å². The third-order valence-corrected chi connectivity index (χ3v) is 4.54. The van der Waals surface area contributed by atoms with E-state index in [9.17, 15) is 9.59 Å². The minimum atomic E-state index is -0.682. The van der Waals surface area contributed by atoms with E-state index in [1.807, 2.05) is 0 Å². The highest BCUT2D eigenvalue weighted by atomic mass is 32.1. The Kier molecular flexibility index (Phi) is 16.6. The van der Waals surface area contributed by atoms with Crippen LogP contribution >= 0.6 is 12.6 Å². The van der Waals surface area contributed by atoms with Gasteiger partial charge in [0, 0.05) is 18.7 Å². The SMILES string of the molecule is NC(CS)C(=O)NCCCCCCCCCCCCCCC(=O)O. The molecule has 0 aromatic rings. The van der Waals surface area contributed by atoms with Crippen LogP contribution in [0.25, 0.3) is 0 Å². The largest absolute Gasteiger partial charge is 0.481 e. The zero-order chi connectivity index (χ0) is 18.0. The molecule has 0 radical (unpaired) electrons. The molecule has 0 aromatic carbocycles. The molecule has 6 heteroatoms. The number of hydrogen-bond donors (Lipinski definition) is 4. The first-order chi connectivity index (χ1) is 11.6. The fourth-order valence-corrected chi connectivity index (χ4v) is 2.76. The van der Waals surface area contributed by atoms with Gasteiger partial charge in [-0.1, -0.05) is 64.2 Å². The summed E-state index contributed by atoms with van der Waals surface area (Å²) in [5.41, 5.74) is 5.57. The molecule has 142 valence electrons. The maximum Gasteiger partial charge on any atom is 0.303 e. The normalized spacial score (nSPS) is 12.1. The quantitative estimate of drug-likeness (QED) is 0.236. The smallest absolute Gasteiger partial charge is 0.303 e. The van der Waals surface area contributed by atoms with Crippen LogP contribution in [0, 0.1) is 0 Å². The second kappa shape index (κ2) is 17.1. The summed E-state index contributed by atoms with van der Waals surface area (Å²) in [6.07, 6.45) is 14.4. The van der Waals surface area contributed by atoms with Crippen molar-refractivity contribution in [3.8, 4) is 0 Å². The van der Waals surface area contributed by atoms with Gasteiger partial charge in [0.1, 0.15) is 0 Å². The third-order valence-electron chi connectivity index (χ3n) is 4.15. The zero-order valence-electron chi connectivity index (χ0n) is 15.0. The van der Waals surface area contributed by atoms with E-state index in [0.717, 1.165) is 32.1 Å². The minimum Gasteiger partial charge on any atom is -0.481 e. The van der Waals surface area contributed by atoms with Gasteiger partial charge in [0.25, 0.3) is 0 Å². The summed E-state index contributed by atoms with van der Waals surface area (Å²) in [5, 5.41) is 11.4. The lowest BCUT2D eigenvalue weighted by atomic mass is 10.0. The highest BCUT2D eigenvalue weighted by molar-refractivity contribution is 7.80. The van der Waals surface area contributed by atoms with Gasteiger partial charge in [-0.3, -0.25) is 9.59 Å². The lowest BCUT2D eigenvalue weighted by Crippen LogP contribution is -2.42. The molecule has 1 unspecified atom stereocenters. The molecule has 24 heavy (non-hydrogen) atoms. The lowest BCUT2D eigenvalue weighted by Gasteiger charge is -2.09. The van der Waals surface area contributed by atoms with Gasteiger partial charge in [0.2, 0.25) is 5.91 Å². The molecule has 0 aliphatic carbocycles. The lowest BCUT2D eigenvalue weighted by molar-refractivity contribution is -0.137. The van der Waals surface area contributed by atoms with Gasteiger partial charge in [0.05, 0.1) is 6.04 Å². The zero-order valence-corrected chi connectivity index (χ0v) is 15.9. The van der Waals surface area contributed by atoms with Crippen LogP contribution in [0.3, 0.4) is 0 Å². The molecule has 0 heterocycles. The van der Waals surface area contributed by atoms with E-state index in [1.165, 1.54) is 44.9 Å². The summed E-state index contributed by atoms with van der Waals surface area (Å²) >= 11 is 4.00. The van der Waals surface area contributed by atoms with Crippen molar-refractivity contribution < 1.29 is 14.7 Å². The molecular formula is C18H36N2O3S. The number of hydrogen-bond acceptors (Lipinski definition) is 4. The monoisotopic (exact) mass is 360 g/mol. The molecule has 0 fully saturated rings. The van der Waals surface area contributed by atoms with Crippen molar-refractivity contribution in [2.45, 2.75) is 89.5 Å². The van der Waals surface area contributed by atoms with E-state index >= 15 is 0 Å². The van der Waals surface area contributed by atoms with Crippen LogP contribution in [0.1, 0.15) is 83.5 Å². The molecule has 1 atom stereocenters. The molecule has 5 nitrogen and oxygen atoms in total. The van der Waals surface area contributed by atoms with Crippen molar-refractivity contribution in [2.75, 3.05) is 12.3 Å². The molecule has 0 aliphatic rings. The number of aliphatic carboxylic acids is 1. The van der Waals surface area contributed by atoms with Crippen LogP contribution in [-0.4, -0.2) is 35.3 Å². The average molecular weight is 361 g/mol. The number of unbranched alkanes of at least 4 members (excludes halogenated alkanes) is 11. The Morgan fingerprint density at radius 3 is 1.67 bits per heavy atom. The summed E-state index contributed by atoms with van der Waals surface area (Å²) in [5.74, 6) is -0.402. The fraction of sp³-hybridized carbons (Fsp3) is 0.889. The Labute approximate surface area is 152 Å². The van der Waals surface area contributed by atoms with Crippen molar-refractivity contribution in [1.82, 2.24) is 5.32 Å². The van der Waals surface area contributed by atoms with Gasteiger partial charge in [0.15, 0.2) is 0 Å². The van der Waals surface area contributed by atoms with Crippen LogP contribution in [0.15, 0.2) is 0 Å². The van der Waals surface area contributed by atoms with E-state index in [0.29, 0.717) is 18.7 Å². The number of rotatable bonds is 17. The summed E-state index contributed by atoms with van der Waals surface area (Å²) in [6.45, 7) is 0.711. The Bertz CT molecular complexity index is 327. The highest BCUT2D eigenvalue weighted by Gasteiger charge is 2.09. The molecule has 1 amide bonds. The fourth-order valence-electron chi connectivity index (χ4n) is 2.59. The molecule has 0 saturated heterocycles. The molecule has 0 spiro atoms. The third kappa shape index (κ3) is 16.1. The second-order valence-electron chi connectivity index (χ2n) is 6.47. The Hall–Kier alpha value is -0.750. The summed E-state index contributed by atoms with van der Waals surface area (Å²) in [7, 11) is 0. The second-order valence-corrected chi connectivity index (χ2v) is 6.83. The first-order valence-electron chi connectivity index (χ1n) is 9.44. The summed E-state index contributed by atoms with van der Waals surface area (Å²) < 4.78 is 0. The highest BCUT2D eigenvalue weighted by Crippen LogP contribution is 2.12. The predicted molar refractivity (Wildman–Crippen MR) is 102 cm³/mol. The van der Waals surface area contributed by atoms with Gasteiger partial charge >= 0.3 is 5.97 Å². The van der Waals surface area contributed by atoms with Gasteiger partial charge in [-0.2, -0.15) is 12.6 Å². The maximum atomic E-state index is 11.4. The molecule has 0 saturated carbocycles. The number of carboxylic acid groups (broad SMARTS) is 1. The maximum absolute atomic E-state index is 11.4. The number of carbonyl (C=O) groups is 2. The van der Waals surface area contributed by atoms with Crippen LogP contribution in [0.4, 0.5) is 0 Å². The molecular weight excluding hydrogens is 324 g/mol. The summed E-state index contributed by atoms with van der Waals surface area (Å²) in [6, 6.07) is -0.495. The van der Waals surface area contributed by atoms with Crippen LogP contribution in [0.2, 0.25) is 0 Å². The Balaban J connectivity index is 3.13. The van der Waals surface area contributed by atoms with Crippen LogP contribution in [0.5, 0.6) is 0 Å². The van der Waals surface area contributed by atoms with E-state index in [2.05, 4.69) is 17.9 Å². The Morgan fingerprint density at radius 2 is 1.25 bits per heavy atom. The van der Waals surface area contributed by atoms with E-state index in [1.54, 1.807) is 0 Å². The van der Waals surface area contributed by atoms with E-state index < -0.39 is 12.0 Å². The number of nitrogens with one attached hydrogen (secondary N) is 1. The van der Waals surface area contributed by atoms with Crippen molar-refractivity contribution in [3.05, 3.63) is 0 Å². The van der Waals surface area contributed by atoms with Crippen molar-refractivity contribution >= 4 is 24.5 Å². The molecule has 0 rings (SSSR count). The number of amides is 1. The van der Waals surface area contributed by atoms with Gasteiger partial charge in [-0.15, -0.1) is 0 Å². The van der Waals surface area contributed by atoms with E-state index in [-0.39, 0.29) is 5.91 Å². The molecule has 0 aliphatic heterocycles. The number of carbonyl (C=O) groups excluding carboxylic acids is 1. The topological polar surface area (TPSA) is 92.4 Å². The van der Waals surface area contributed by atoms with Gasteiger partial charge < -0.3 is 16.2 Å². The number of carboxylic acids is 1. The van der Waals surface area contributed by atoms with E-state index in [4.69, 9.17) is 10.8 Å². The molecule has 0 aromatic heterocycles. The average Bonchev–Trinajstić information content (AvgIpc) is 2.57. The Morgan fingerprint density at radius 1 is 0.833 bits per heavy atom.